The van der Waals surface area contributed by atoms with E-state index in [0.717, 1.165) is 33.5 Å². The number of nitrogens with one attached hydrogen (secondary N) is 1. The van der Waals surface area contributed by atoms with E-state index in [-0.39, 0.29) is 5.91 Å². The van der Waals surface area contributed by atoms with Gasteiger partial charge in [0.05, 0.1) is 34.7 Å². The summed E-state index contributed by atoms with van der Waals surface area (Å²) in [5.41, 5.74) is 4.69. The topological polar surface area (TPSA) is 64.7 Å². The van der Waals surface area contributed by atoms with Gasteiger partial charge in [-0.2, -0.15) is 5.10 Å². The molecule has 0 bridgehead atoms. The van der Waals surface area contributed by atoms with Crippen LogP contribution >= 0.6 is 11.8 Å². The number of benzene rings is 1. The molecule has 3 aromatic rings. The molecule has 1 amide bonds. The predicted octanol–water partition coefficient (Wildman–Crippen LogP) is 3.17. The van der Waals surface area contributed by atoms with Gasteiger partial charge in [-0.1, -0.05) is 42.1 Å². The van der Waals surface area contributed by atoms with E-state index in [1.165, 1.54) is 11.8 Å². The van der Waals surface area contributed by atoms with Crippen LogP contribution in [0.25, 0.3) is 11.3 Å². The SMILES string of the molecule is Cc1nn(C)c(C)c1NC(=O)CSc1ncc(-c2ccccc2)n1C. The average Bonchev–Trinajstić information content (AvgIpc) is 3.08. The number of carbonyl (C=O) groups excluding carboxylic acids is 1. The maximum absolute atomic E-state index is 12.3. The van der Waals surface area contributed by atoms with Crippen molar-refractivity contribution in [1.82, 2.24) is 19.3 Å². The monoisotopic (exact) mass is 355 g/mol. The van der Waals surface area contributed by atoms with E-state index in [0.29, 0.717) is 5.75 Å². The molecule has 1 N–H and O–H groups in total. The number of thioether (sulfide) groups is 1. The zero-order valence-electron chi connectivity index (χ0n) is 14.8. The number of nitrogens with zero attached hydrogens (tertiary/aromatic N) is 4. The fourth-order valence-electron chi connectivity index (χ4n) is 2.66. The minimum atomic E-state index is -0.0616. The van der Waals surface area contributed by atoms with Crippen LogP contribution in [-0.4, -0.2) is 31.0 Å². The normalized spacial score (nSPS) is 10.9. The van der Waals surface area contributed by atoms with Crippen LogP contribution in [0.5, 0.6) is 0 Å². The first-order valence-corrected chi connectivity index (χ1v) is 8.96. The summed E-state index contributed by atoms with van der Waals surface area (Å²) >= 11 is 1.42. The van der Waals surface area contributed by atoms with Crippen molar-refractivity contribution in [3.05, 3.63) is 47.9 Å². The smallest absolute Gasteiger partial charge is 0.234 e. The summed E-state index contributed by atoms with van der Waals surface area (Å²) in [7, 11) is 3.83. The first-order valence-electron chi connectivity index (χ1n) is 7.97. The molecular weight excluding hydrogens is 334 g/mol. The third-order valence-corrected chi connectivity index (χ3v) is 5.16. The molecule has 0 spiro atoms. The van der Waals surface area contributed by atoms with Gasteiger partial charge in [-0.25, -0.2) is 4.98 Å². The number of carbonyl (C=O) groups is 1. The molecule has 0 saturated heterocycles. The molecule has 2 aromatic heterocycles. The fraction of sp³-hybridized carbons (Fsp3) is 0.278. The van der Waals surface area contributed by atoms with E-state index < -0.39 is 0 Å². The van der Waals surface area contributed by atoms with Gasteiger partial charge in [0.1, 0.15) is 0 Å². The van der Waals surface area contributed by atoms with Crippen LogP contribution in [0.4, 0.5) is 5.69 Å². The van der Waals surface area contributed by atoms with E-state index >= 15 is 0 Å². The van der Waals surface area contributed by atoms with Crippen LogP contribution in [0.1, 0.15) is 11.4 Å². The van der Waals surface area contributed by atoms with Crippen LogP contribution in [0, 0.1) is 13.8 Å². The lowest BCUT2D eigenvalue weighted by Crippen LogP contribution is -2.15. The third kappa shape index (κ3) is 3.61. The Labute approximate surface area is 151 Å². The van der Waals surface area contributed by atoms with Crippen LogP contribution in [0.2, 0.25) is 0 Å². The van der Waals surface area contributed by atoms with E-state index in [4.69, 9.17) is 0 Å². The lowest BCUT2D eigenvalue weighted by Gasteiger charge is -2.07. The number of hydrogen-bond acceptors (Lipinski definition) is 4. The Morgan fingerprint density at radius 2 is 1.92 bits per heavy atom. The zero-order chi connectivity index (χ0) is 18.0. The van der Waals surface area contributed by atoms with Crippen molar-refractivity contribution >= 4 is 23.4 Å². The summed E-state index contributed by atoms with van der Waals surface area (Å²) in [5.74, 6) is 0.237. The maximum atomic E-state index is 12.3. The summed E-state index contributed by atoms with van der Waals surface area (Å²) in [6, 6.07) is 10.1. The second-order valence-electron chi connectivity index (χ2n) is 5.86. The van der Waals surface area contributed by atoms with Gasteiger partial charge in [-0.15, -0.1) is 0 Å². The molecule has 0 aliphatic heterocycles. The van der Waals surface area contributed by atoms with Crippen LogP contribution < -0.4 is 5.32 Å². The molecule has 0 fully saturated rings. The van der Waals surface area contributed by atoms with Gasteiger partial charge >= 0.3 is 0 Å². The molecule has 0 saturated carbocycles. The standard InChI is InChI=1S/C18H21N5OS/c1-12-17(13(2)23(4)21-12)20-16(24)11-25-18-19-10-15(22(18)3)14-8-6-5-7-9-14/h5-10H,11H2,1-4H3,(H,20,24). The highest BCUT2D eigenvalue weighted by atomic mass is 32.2. The Balaban J connectivity index is 1.66. The van der Waals surface area contributed by atoms with Gasteiger partial charge in [-0.3, -0.25) is 9.48 Å². The minimum absolute atomic E-state index is 0.0616. The summed E-state index contributed by atoms with van der Waals surface area (Å²) in [4.78, 5) is 16.7. The largest absolute Gasteiger partial charge is 0.322 e. The molecule has 1 aromatic carbocycles. The molecule has 6 nitrogen and oxygen atoms in total. The molecular formula is C18H21N5OS. The van der Waals surface area contributed by atoms with E-state index in [9.17, 15) is 4.79 Å². The molecule has 0 unspecified atom stereocenters. The Morgan fingerprint density at radius 1 is 1.20 bits per heavy atom. The van der Waals surface area contributed by atoms with E-state index in [1.54, 1.807) is 4.68 Å². The van der Waals surface area contributed by atoms with Gasteiger partial charge in [-0.05, 0) is 19.4 Å². The number of aromatic nitrogens is 4. The molecule has 7 heteroatoms. The Bertz CT molecular complexity index is 898. The van der Waals surface area contributed by atoms with Crippen molar-refractivity contribution in [2.45, 2.75) is 19.0 Å². The molecule has 2 heterocycles. The van der Waals surface area contributed by atoms with E-state index in [2.05, 4.69) is 15.4 Å². The summed E-state index contributed by atoms with van der Waals surface area (Å²) in [6.07, 6.45) is 1.84. The molecule has 0 radical (unpaired) electrons. The number of amides is 1. The van der Waals surface area contributed by atoms with Crippen molar-refractivity contribution in [2.75, 3.05) is 11.1 Å². The van der Waals surface area contributed by atoms with Gasteiger partial charge in [0.25, 0.3) is 0 Å². The zero-order valence-corrected chi connectivity index (χ0v) is 15.6. The molecule has 130 valence electrons. The van der Waals surface area contributed by atoms with Crippen molar-refractivity contribution in [3.8, 4) is 11.3 Å². The number of rotatable bonds is 5. The Morgan fingerprint density at radius 3 is 2.56 bits per heavy atom. The third-order valence-electron chi connectivity index (χ3n) is 4.12. The van der Waals surface area contributed by atoms with Crippen molar-refractivity contribution in [1.29, 1.82) is 0 Å². The van der Waals surface area contributed by atoms with Gasteiger partial charge < -0.3 is 9.88 Å². The van der Waals surface area contributed by atoms with Crippen LogP contribution in [0.15, 0.2) is 41.7 Å². The summed E-state index contributed by atoms with van der Waals surface area (Å²) in [5, 5.41) is 8.07. The number of aryl methyl sites for hydroxylation is 2. The fourth-order valence-corrected chi connectivity index (χ4v) is 3.42. The second-order valence-corrected chi connectivity index (χ2v) is 6.80. The molecule has 3 rings (SSSR count). The molecule has 0 aliphatic rings. The van der Waals surface area contributed by atoms with Crippen LogP contribution in [-0.2, 0) is 18.9 Å². The highest BCUT2D eigenvalue weighted by Crippen LogP contribution is 2.25. The lowest BCUT2D eigenvalue weighted by molar-refractivity contribution is -0.113. The number of hydrogen-bond donors (Lipinski definition) is 1. The van der Waals surface area contributed by atoms with Gasteiger partial charge in [0.2, 0.25) is 5.91 Å². The molecule has 0 aliphatic carbocycles. The highest BCUT2D eigenvalue weighted by molar-refractivity contribution is 7.99. The average molecular weight is 355 g/mol. The van der Waals surface area contributed by atoms with E-state index in [1.807, 2.05) is 69.0 Å². The maximum Gasteiger partial charge on any atom is 0.234 e. The molecule has 0 atom stereocenters. The summed E-state index contributed by atoms with van der Waals surface area (Å²) in [6.45, 7) is 3.83. The molecule has 25 heavy (non-hydrogen) atoms. The van der Waals surface area contributed by atoms with Crippen LogP contribution in [0.3, 0.4) is 0 Å². The lowest BCUT2D eigenvalue weighted by atomic mass is 10.2. The first kappa shape index (κ1) is 17.3. The van der Waals surface area contributed by atoms with Crippen molar-refractivity contribution in [3.63, 3.8) is 0 Å². The second kappa shape index (κ2) is 7.14. The Kier molecular flexibility index (Phi) is 4.94. The Hall–Kier alpha value is -2.54. The van der Waals surface area contributed by atoms with Gasteiger partial charge in [0, 0.05) is 14.1 Å². The number of imidazole rings is 1. The van der Waals surface area contributed by atoms with Crippen molar-refractivity contribution < 1.29 is 4.79 Å². The number of anilines is 1. The van der Waals surface area contributed by atoms with Gasteiger partial charge in [0.15, 0.2) is 5.16 Å². The van der Waals surface area contributed by atoms with Crippen molar-refractivity contribution in [2.24, 2.45) is 14.1 Å². The summed E-state index contributed by atoms with van der Waals surface area (Å²) < 4.78 is 3.77. The minimum Gasteiger partial charge on any atom is -0.322 e. The quantitative estimate of drug-likeness (QED) is 0.714. The first-order chi connectivity index (χ1) is 12.0. The highest BCUT2D eigenvalue weighted by Gasteiger charge is 2.14. The predicted molar refractivity (Wildman–Crippen MR) is 101 cm³/mol.